The summed E-state index contributed by atoms with van der Waals surface area (Å²) in [5, 5.41) is 0. The maximum absolute atomic E-state index is 12.0. The van der Waals surface area contributed by atoms with Crippen molar-refractivity contribution in [3.63, 3.8) is 0 Å². The van der Waals surface area contributed by atoms with Gasteiger partial charge in [-0.2, -0.15) is 0 Å². The molecule has 0 aromatic carbocycles. The predicted molar refractivity (Wildman–Crippen MR) is 67.7 cm³/mol. The quantitative estimate of drug-likeness (QED) is 0.714. The zero-order valence-electron chi connectivity index (χ0n) is 11.4. The summed E-state index contributed by atoms with van der Waals surface area (Å²) >= 11 is 0. The van der Waals surface area contributed by atoms with E-state index in [0.29, 0.717) is 19.8 Å². The molecule has 1 aromatic rings. The number of hydrogen-bond acceptors (Lipinski definition) is 6. The van der Waals surface area contributed by atoms with Crippen LogP contribution in [0.3, 0.4) is 0 Å². The minimum atomic E-state index is -0.190. The number of oxazole rings is 1. The number of aromatic nitrogens is 1. The van der Waals surface area contributed by atoms with Crippen molar-refractivity contribution in [2.75, 3.05) is 40.0 Å². The Bertz CT molecular complexity index is 393. The Morgan fingerprint density at radius 1 is 1.58 bits per heavy atom. The van der Waals surface area contributed by atoms with Crippen LogP contribution in [0.4, 0.5) is 0 Å². The fourth-order valence-electron chi connectivity index (χ4n) is 2.47. The zero-order chi connectivity index (χ0) is 13.7. The first-order chi connectivity index (χ1) is 9.26. The molecule has 2 heterocycles. The number of rotatable bonds is 6. The van der Waals surface area contributed by atoms with Crippen molar-refractivity contribution in [3.8, 4) is 0 Å². The highest BCUT2D eigenvalue weighted by Gasteiger charge is 2.40. The third-order valence-electron chi connectivity index (χ3n) is 3.41. The normalized spacial score (nSPS) is 23.7. The average molecular weight is 268 g/mol. The van der Waals surface area contributed by atoms with Gasteiger partial charge in [0.15, 0.2) is 6.39 Å². The van der Waals surface area contributed by atoms with Crippen LogP contribution in [0.1, 0.15) is 18.6 Å². The third-order valence-corrected chi connectivity index (χ3v) is 3.41. The van der Waals surface area contributed by atoms with Crippen molar-refractivity contribution < 1.29 is 18.7 Å². The summed E-state index contributed by atoms with van der Waals surface area (Å²) in [6.45, 7) is 5.11. The fraction of sp³-hybridized carbons (Fsp3) is 0.692. The van der Waals surface area contributed by atoms with E-state index in [9.17, 15) is 4.79 Å². The minimum absolute atomic E-state index is 0.0124. The van der Waals surface area contributed by atoms with Gasteiger partial charge < -0.3 is 13.9 Å². The maximum Gasteiger partial charge on any atom is 0.311 e. The molecule has 106 valence electrons. The summed E-state index contributed by atoms with van der Waals surface area (Å²) in [5.74, 6) is 0.407. The number of nitrogens with zero attached hydrogens (tertiary/aromatic N) is 2. The van der Waals surface area contributed by atoms with E-state index in [1.807, 2.05) is 6.92 Å². The van der Waals surface area contributed by atoms with Crippen LogP contribution in [-0.4, -0.2) is 55.8 Å². The van der Waals surface area contributed by atoms with Crippen molar-refractivity contribution in [2.45, 2.75) is 12.8 Å². The number of methoxy groups -OCH3 is 1. The molecule has 1 fully saturated rings. The Balaban J connectivity index is 2.06. The molecule has 0 amide bonds. The van der Waals surface area contributed by atoms with Gasteiger partial charge in [0.1, 0.15) is 5.76 Å². The minimum Gasteiger partial charge on any atom is -0.466 e. The lowest BCUT2D eigenvalue weighted by Gasteiger charge is -2.14. The maximum atomic E-state index is 12.0. The Morgan fingerprint density at radius 3 is 3.05 bits per heavy atom. The van der Waals surface area contributed by atoms with Crippen LogP contribution in [0, 0.1) is 5.92 Å². The number of carbonyl (C=O) groups excluding carboxylic acids is 1. The van der Waals surface area contributed by atoms with Crippen molar-refractivity contribution in [1.82, 2.24) is 9.88 Å². The van der Waals surface area contributed by atoms with E-state index in [1.165, 1.54) is 6.39 Å². The first-order valence-corrected chi connectivity index (χ1v) is 6.52. The van der Waals surface area contributed by atoms with Gasteiger partial charge in [-0.15, -0.1) is 0 Å². The van der Waals surface area contributed by atoms with Gasteiger partial charge >= 0.3 is 5.97 Å². The molecule has 1 aromatic heterocycles. The number of esters is 1. The van der Waals surface area contributed by atoms with Gasteiger partial charge in [-0.3, -0.25) is 9.69 Å². The van der Waals surface area contributed by atoms with E-state index < -0.39 is 0 Å². The monoisotopic (exact) mass is 268 g/mol. The molecule has 19 heavy (non-hydrogen) atoms. The van der Waals surface area contributed by atoms with Gasteiger partial charge in [0.05, 0.1) is 25.3 Å². The molecule has 0 unspecified atom stereocenters. The molecule has 1 aliphatic rings. The lowest BCUT2D eigenvalue weighted by atomic mass is 9.94. The van der Waals surface area contributed by atoms with Crippen LogP contribution >= 0.6 is 0 Å². The summed E-state index contributed by atoms with van der Waals surface area (Å²) in [6, 6.07) is 0. The van der Waals surface area contributed by atoms with Gasteiger partial charge in [-0.1, -0.05) is 0 Å². The molecule has 0 bridgehead atoms. The molecule has 2 atom stereocenters. The second-order valence-electron chi connectivity index (χ2n) is 4.62. The van der Waals surface area contributed by atoms with Gasteiger partial charge in [0.25, 0.3) is 0 Å². The average Bonchev–Trinajstić information content (AvgIpc) is 3.05. The zero-order valence-corrected chi connectivity index (χ0v) is 11.4. The Hall–Kier alpha value is -1.40. The second kappa shape index (κ2) is 6.68. The summed E-state index contributed by atoms with van der Waals surface area (Å²) < 4.78 is 15.6. The van der Waals surface area contributed by atoms with Crippen LogP contribution in [-0.2, 0) is 14.3 Å². The predicted octanol–water partition coefficient (Wildman–Crippen LogP) is 0.899. The molecule has 6 heteroatoms. The van der Waals surface area contributed by atoms with Crippen LogP contribution in [0.15, 0.2) is 17.0 Å². The highest BCUT2D eigenvalue weighted by Crippen LogP contribution is 2.33. The molecular formula is C13H20N2O4. The van der Waals surface area contributed by atoms with Crippen LogP contribution in [0.25, 0.3) is 0 Å². The highest BCUT2D eigenvalue weighted by atomic mass is 16.5. The molecule has 0 saturated carbocycles. The van der Waals surface area contributed by atoms with Gasteiger partial charge in [0.2, 0.25) is 0 Å². The molecule has 1 aliphatic heterocycles. The smallest absolute Gasteiger partial charge is 0.311 e. The van der Waals surface area contributed by atoms with E-state index >= 15 is 0 Å². The number of likely N-dealkylation sites (tertiary alicyclic amines) is 1. The van der Waals surface area contributed by atoms with E-state index in [1.54, 1.807) is 13.3 Å². The largest absolute Gasteiger partial charge is 0.466 e. The lowest BCUT2D eigenvalue weighted by molar-refractivity contribution is -0.148. The second-order valence-corrected chi connectivity index (χ2v) is 4.62. The molecule has 2 rings (SSSR count). The Kier molecular flexibility index (Phi) is 4.93. The topological polar surface area (TPSA) is 64.8 Å². The van der Waals surface area contributed by atoms with Crippen molar-refractivity contribution in [2.24, 2.45) is 5.92 Å². The van der Waals surface area contributed by atoms with Crippen LogP contribution < -0.4 is 0 Å². The molecule has 0 radical (unpaired) electrons. The standard InChI is InChI=1S/C13H20N2O4/c1-3-18-13(16)11-8-15(4-5-17-2)7-10(11)12-6-14-9-19-12/h6,9-11H,3-5,7-8H2,1-2H3/t10-,11-/m1/s1. The summed E-state index contributed by atoms with van der Waals surface area (Å²) in [5.41, 5.74) is 0. The van der Waals surface area contributed by atoms with E-state index in [-0.39, 0.29) is 17.8 Å². The lowest BCUT2D eigenvalue weighted by Crippen LogP contribution is -2.27. The van der Waals surface area contributed by atoms with Gasteiger partial charge in [-0.05, 0) is 6.92 Å². The number of ether oxygens (including phenoxy) is 2. The summed E-state index contributed by atoms with van der Waals surface area (Å²) in [4.78, 5) is 18.2. The number of carbonyl (C=O) groups is 1. The van der Waals surface area contributed by atoms with Gasteiger partial charge in [-0.25, -0.2) is 4.98 Å². The Labute approximate surface area is 112 Å². The molecule has 0 N–H and O–H groups in total. The molecule has 6 nitrogen and oxygen atoms in total. The first kappa shape index (κ1) is 14.0. The SMILES string of the molecule is CCOC(=O)[C@@H]1CN(CCOC)C[C@H]1c1cnco1. The summed E-state index contributed by atoms with van der Waals surface area (Å²) in [7, 11) is 1.67. The van der Waals surface area contributed by atoms with E-state index in [2.05, 4.69) is 9.88 Å². The van der Waals surface area contributed by atoms with E-state index in [4.69, 9.17) is 13.9 Å². The third kappa shape index (κ3) is 3.33. The molecular weight excluding hydrogens is 248 g/mol. The fourth-order valence-corrected chi connectivity index (χ4v) is 2.47. The molecule has 0 spiro atoms. The molecule has 0 aliphatic carbocycles. The Morgan fingerprint density at radius 2 is 2.42 bits per heavy atom. The van der Waals surface area contributed by atoms with Gasteiger partial charge in [0, 0.05) is 32.7 Å². The highest BCUT2D eigenvalue weighted by molar-refractivity contribution is 5.74. The van der Waals surface area contributed by atoms with E-state index in [0.717, 1.165) is 18.8 Å². The van der Waals surface area contributed by atoms with Crippen molar-refractivity contribution in [3.05, 3.63) is 18.4 Å². The van der Waals surface area contributed by atoms with Crippen LogP contribution in [0.5, 0.6) is 0 Å². The first-order valence-electron chi connectivity index (χ1n) is 6.52. The van der Waals surface area contributed by atoms with Crippen LogP contribution in [0.2, 0.25) is 0 Å². The molecule has 1 saturated heterocycles. The number of hydrogen-bond donors (Lipinski definition) is 0. The summed E-state index contributed by atoms with van der Waals surface area (Å²) in [6.07, 6.45) is 3.08. The van der Waals surface area contributed by atoms with Crippen molar-refractivity contribution >= 4 is 5.97 Å². The van der Waals surface area contributed by atoms with Crippen molar-refractivity contribution in [1.29, 1.82) is 0 Å².